The largest absolute Gasteiger partial charge is 0.490 e. The second-order valence-electron chi connectivity index (χ2n) is 6.24. The number of piperidine rings is 1. The summed E-state index contributed by atoms with van der Waals surface area (Å²) in [6.45, 7) is 1.28. The zero-order chi connectivity index (χ0) is 19.0. The zero-order valence-electron chi connectivity index (χ0n) is 14.0. The Labute approximate surface area is 161 Å². The Hall–Kier alpha value is -2.36. The summed E-state index contributed by atoms with van der Waals surface area (Å²) in [6.07, 6.45) is -3.04. The summed E-state index contributed by atoms with van der Waals surface area (Å²) in [6, 6.07) is 10.8. The zero-order valence-corrected chi connectivity index (χ0v) is 15.6. The van der Waals surface area contributed by atoms with Crippen molar-refractivity contribution in [1.82, 2.24) is 19.8 Å². The molecule has 1 aliphatic heterocycles. The molecule has 1 saturated heterocycles. The minimum absolute atomic E-state index is 0.0555. The van der Waals surface area contributed by atoms with Gasteiger partial charge in [0.15, 0.2) is 5.65 Å². The van der Waals surface area contributed by atoms with Crippen LogP contribution in [0.2, 0.25) is 0 Å². The van der Waals surface area contributed by atoms with Gasteiger partial charge in [0.2, 0.25) is 0 Å². The number of halogens is 4. The molecule has 0 radical (unpaired) electrons. The van der Waals surface area contributed by atoms with E-state index in [1.165, 1.54) is 6.07 Å². The molecule has 10 heteroatoms. The first kappa shape index (κ1) is 18.0. The average Bonchev–Trinajstić information content (AvgIpc) is 3.06. The standard InChI is InChI=1S/C17H15BrF3N5O/c18-11-2-1-3-13(10-11)27-12-6-8-25(9-7-12)15-5-4-14-22-23-16(17(19,20)21)26(14)24-15/h1-5,10,12H,6-9H2. The van der Waals surface area contributed by atoms with Crippen LogP contribution < -0.4 is 9.64 Å². The smallest absolute Gasteiger partial charge is 0.453 e. The first-order valence-corrected chi connectivity index (χ1v) is 9.16. The predicted octanol–water partition coefficient (Wildman–Crippen LogP) is 3.95. The SMILES string of the molecule is FC(F)(F)c1nnc2ccc(N3CCC(Oc4cccc(Br)c4)CC3)nn12. The number of alkyl halides is 3. The highest BCUT2D eigenvalue weighted by Gasteiger charge is 2.38. The summed E-state index contributed by atoms with van der Waals surface area (Å²) in [5.41, 5.74) is 0.0685. The maximum absolute atomic E-state index is 13.0. The van der Waals surface area contributed by atoms with Gasteiger partial charge in [0, 0.05) is 30.4 Å². The lowest BCUT2D eigenvalue weighted by molar-refractivity contribution is -0.146. The van der Waals surface area contributed by atoms with Crippen LogP contribution in [-0.4, -0.2) is 39.0 Å². The molecule has 0 atom stereocenters. The molecule has 3 heterocycles. The van der Waals surface area contributed by atoms with E-state index < -0.39 is 12.0 Å². The molecule has 3 aromatic rings. The number of fused-ring (bicyclic) bond motifs is 1. The summed E-state index contributed by atoms with van der Waals surface area (Å²) in [5, 5.41) is 10.8. The van der Waals surface area contributed by atoms with Crippen molar-refractivity contribution in [2.75, 3.05) is 18.0 Å². The second-order valence-corrected chi connectivity index (χ2v) is 7.16. The van der Waals surface area contributed by atoms with Crippen LogP contribution in [0, 0.1) is 0 Å². The Bertz CT molecular complexity index is 953. The first-order valence-electron chi connectivity index (χ1n) is 8.37. The summed E-state index contributed by atoms with van der Waals surface area (Å²) < 4.78 is 46.7. The minimum atomic E-state index is -4.60. The second kappa shape index (κ2) is 6.99. The van der Waals surface area contributed by atoms with Gasteiger partial charge < -0.3 is 9.64 Å². The third kappa shape index (κ3) is 3.85. The molecular formula is C17H15BrF3N5O. The average molecular weight is 442 g/mol. The Kier molecular flexibility index (Phi) is 4.67. The van der Waals surface area contributed by atoms with Gasteiger partial charge in [-0.25, -0.2) is 0 Å². The monoisotopic (exact) mass is 441 g/mol. The fraction of sp³-hybridized carbons (Fsp3) is 0.353. The minimum Gasteiger partial charge on any atom is -0.490 e. The first-order chi connectivity index (χ1) is 12.9. The topological polar surface area (TPSA) is 55.5 Å². The number of aromatic nitrogens is 4. The number of rotatable bonds is 3. The van der Waals surface area contributed by atoms with Gasteiger partial charge in [-0.1, -0.05) is 22.0 Å². The van der Waals surface area contributed by atoms with Gasteiger partial charge in [-0.3, -0.25) is 0 Å². The fourth-order valence-electron chi connectivity index (χ4n) is 3.06. The van der Waals surface area contributed by atoms with Crippen molar-refractivity contribution in [3.05, 3.63) is 46.7 Å². The highest BCUT2D eigenvalue weighted by Crippen LogP contribution is 2.29. The van der Waals surface area contributed by atoms with E-state index in [-0.39, 0.29) is 11.8 Å². The molecule has 1 fully saturated rings. The van der Waals surface area contributed by atoms with Crippen molar-refractivity contribution in [3.8, 4) is 5.75 Å². The lowest BCUT2D eigenvalue weighted by Gasteiger charge is -2.32. The third-order valence-corrected chi connectivity index (χ3v) is 4.86. The van der Waals surface area contributed by atoms with Crippen molar-refractivity contribution in [1.29, 1.82) is 0 Å². The Balaban J connectivity index is 1.46. The van der Waals surface area contributed by atoms with Crippen molar-refractivity contribution in [2.24, 2.45) is 0 Å². The number of hydrogen-bond donors (Lipinski definition) is 0. The number of nitrogens with zero attached hydrogens (tertiary/aromatic N) is 5. The van der Waals surface area contributed by atoms with E-state index in [0.29, 0.717) is 18.9 Å². The van der Waals surface area contributed by atoms with Crippen LogP contribution in [-0.2, 0) is 6.18 Å². The van der Waals surface area contributed by atoms with Crippen molar-refractivity contribution in [3.63, 3.8) is 0 Å². The van der Waals surface area contributed by atoms with Crippen LogP contribution in [0.1, 0.15) is 18.7 Å². The van der Waals surface area contributed by atoms with E-state index in [4.69, 9.17) is 4.74 Å². The summed E-state index contributed by atoms with van der Waals surface area (Å²) in [4.78, 5) is 1.94. The van der Waals surface area contributed by atoms with Crippen molar-refractivity contribution in [2.45, 2.75) is 25.1 Å². The van der Waals surface area contributed by atoms with Crippen LogP contribution in [0.4, 0.5) is 19.0 Å². The molecule has 1 aliphatic rings. The highest BCUT2D eigenvalue weighted by molar-refractivity contribution is 9.10. The molecule has 4 rings (SSSR count). The number of anilines is 1. The Morgan fingerprint density at radius 1 is 1.07 bits per heavy atom. The van der Waals surface area contributed by atoms with E-state index in [9.17, 15) is 13.2 Å². The molecule has 0 unspecified atom stereocenters. The summed E-state index contributed by atoms with van der Waals surface area (Å²) >= 11 is 3.41. The Morgan fingerprint density at radius 2 is 1.85 bits per heavy atom. The van der Waals surface area contributed by atoms with E-state index in [1.54, 1.807) is 6.07 Å². The highest BCUT2D eigenvalue weighted by atomic mass is 79.9. The van der Waals surface area contributed by atoms with E-state index in [1.807, 2.05) is 29.2 Å². The maximum Gasteiger partial charge on any atom is 0.453 e. The van der Waals surface area contributed by atoms with Crippen LogP contribution in [0.5, 0.6) is 5.75 Å². The lowest BCUT2D eigenvalue weighted by atomic mass is 10.1. The molecule has 6 nitrogen and oxygen atoms in total. The van der Waals surface area contributed by atoms with Crippen LogP contribution in [0.25, 0.3) is 5.65 Å². The van der Waals surface area contributed by atoms with Crippen LogP contribution in [0.15, 0.2) is 40.9 Å². The number of hydrogen-bond acceptors (Lipinski definition) is 5. The molecule has 2 aromatic heterocycles. The molecule has 1 aromatic carbocycles. The molecule has 27 heavy (non-hydrogen) atoms. The van der Waals surface area contributed by atoms with Gasteiger partial charge in [-0.15, -0.1) is 15.3 Å². The quantitative estimate of drug-likeness (QED) is 0.615. The maximum atomic E-state index is 13.0. The summed E-state index contributed by atoms with van der Waals surface area (Å²) in [7, 11) is 0. The van der Waals surface area contributed by atoms with Gasteiger partial charge in [-0.05, 0) is 30.3 Å². The van der Waals surface area contributed by atoms with E-state index in [2.05, 4.69) is 31.2 Å². The van der Waals surface area contributed by atoms with Crippen molar-refractivity contribution < 1.29 is 17.9 Å². The molecule has 142 valence electrons. The number of ether oxygens (including phenoxy) is 1. The fourth-order valence-corrected chi connectivity index (χ4v) is 3.44. The van der Waals surface area contributed by atoms with Gasteiger partial charge in [-0.2, -0.15) is 17.7 Å². The Morgan fingerprint density at radius 3 is 2.56 bits per heavy atom. The summed E-state index contributed by atoms with van der Waals surface area (Å²) in [5.74, 6) is 0.141. The third-order valence-electron chi connectivity index (χ3n) is 4.37. The van der Waals surface area contributed by atoms with E-state index in [0.717, 1.165) is 27.6 Å². The molecular weight excluding hydrogens is 427 g/mol. The van der Waals surface area contributed by atoms with Gasteiger partial charge in [0.1, 0.15) is 17.7 Å². The molecule has 0 saturated carbocycles. The van der Waals surface area contributed by atoms with Crippen molar-refractivity contribution >= 4 is 27.4 Å². The number of benzene rings is 1. The lowest BCUT2D eigenvalue weighted by Crippen LogP contribution is -2.39. The van der Waals surface area contributed by atoms with Gasteiger partial charge in [0.25, 0.3) is 5.82 Å². The molecule has 0 amide bonds. The molecule has 0 N–H and O–H groups in total. The van der Waals surface area contributed by atoms with Gasteiger partial charge >= 0.3 is 6.18 Å². The molecule has 0 spiro atoms. The van der Waals surface area contributed by atoms with Crippen LogP contribution in [0.3, 0.4) is 0 Å². The molecule has 0 aliphatic carbocycles. The normalized spacial score (nSPS) is 16.1. The van der Waals surface area contributed by atoms with Crippen LogP contribution >= 0.6 is 15.9 Å². The molecule has 0 bridgehead atoms. The van der Waals surface area contributed by atoms with E-state index >= 15 is 0 Å². The van der Waals surface area contributed by atoms with Gasteiger partial charge in [0.05, 0.1) is 0 Å². The predicted molar refractivity (Wildman–Crippen MR) is 95.8 cm³/mol.